The molecule has 3 rings (SSSR count). The van der Waals surface area contributed by atoms with Gasteiger partial charge in [0.15, 0.2) is 5.69 Å². The lowest BCUT2D eigenvalue weighted by Crippen LogP contribution is -1.81. The molecule has 3 aromatic rings. The molecule has 0 fully saturated rings. The SMILES string of the molecule is Cc1cccc(N=Nc2cc(-c3ccc(C)c(C)c3)oc2O)c1. The lowest BCUT2D eigenvalue weighted by atomic mass is 10.1. The highest BCUT2D eigenvalue weighted by Gasteiger charge is 2.12. The van der Waals surface area contributed by atoms with Gasteiger partial charge in [-0.3, -0.25) is 0 Å². The maximum atomic E-state index is 9.93. The molecule has 1 heterocycles. The number of azo groups is 1. The van der Waals surface area contributed by atoms with Gasteiger partial charge in [0.25, 0.3) is 0 Å². The van der Waals surface area contributed by atoms with Crippen LogP contribution in [0.3, 0.4) is 0 Å². The first-order valence-electron chi connectivity index (χ1n) is 7.42. The predicted octanol–water partition coefficient (Wildman–Crippen LogP) is 5.99. The second kappa shape index (κ2) is 6.08. The number of hydrogen-bond acceptors (Lipinski definition) is 4. The summed E-state index contributed by atoms with van der Waals surface area (Å²) in [6.07, 6.45) is 0. The van der Waals surface area contributed by atoms with E-state index in [1.165, 1.54) is 11.1 Å². The van der Waals surface area contributed by atoms with E-state index in [9.17, 15) is 5.11 Å². The van der Waals surface area contributed by atoms with Crippen LogP contribution in [0.2, 0.25) is 0 Å². The highest BCUT2D eigenvalue weighted by Crippen LogP contribution is 2.37. The largest absolute Gasteiger partial charge is 0.479 e. The standard InChI is InChI=1S/C19H18N2O2/c1-12-5-4-6-16(9-12)20-21-17-11-18(23-19(17)22)15-8-7-13(2)14(3)10-15/h4-11,22H,1-3H3. The molecule has 0 bridgehead atoms. The Hall–Kier alpha value is -2.88. The van der Waals surface area contributed by atoms with E-state index in [2.05, 4.69) is 17.2 Å². The molecule has 4 heteroatoms. The van der Waals surface area contributed by atoms with Crippen LogP contribution in [-0.4, -0.2) is 5.11 Å². The lowest BCUT2D eigenvalue weighted by molar-refractivity contribution is 0.339. The summed E-state index contributed by atoms with van der Waals surface area (Å²) in [7, 11) is 0. The van der Waals surface area contributed by atoms with Gasteiger partial charge in [-0.05, 0) is 55.7 Å². The minimum atomic E-state index is -0.227. The Kier molecular flexibility index (Phi) is 3.98. The smallest absolute Gasteiger partial charge is 0.311 e. The minimum absolute atomic E-state index is 0.227. The fraction of sp³-hybridized carbons (Fsp3) is 0.158. The molecule has 1 aromatic heterocycles. The molecular weight excluding hydrogens is 288 g/mol. The zero-order valence-electron chi connectivity index (χ0n) is 13.4. The van der Waals surface area contributed by atoms with Crippen molar-refractivity contribution in [3.63, 3.8) is 0 Å². The quantitative estimate of drug-likeness (QED) is 0.604. The third kappa shape index (κ3) is 3.31. The summed E-state index contributed by atoms with van der Waals surface area (Å²) in [5, 5.41) is 18.2. The van der Waals surface area contributed by atoms with Crippen LogP contribution in [0.25, 0.3) is 11.3 Å². The van der Waals surface area contributed by atoms with Crippen molar-refractivity contribution in [1.82, 2.24) is 0 Å². The van der Waals surface area contributed by atoms with Crippen molar-refractivity contribution >= 4 is 11.4 Å². The molecule has 0 aliphatic heterocycles. The molecular formula is C19H18N2O2. The van der Waals surface area contributed by atoms with Crippen molar-refractivity contribution in [3.05, 3.63) is 65.2 Å². The number of rotatable bonds is 3. The minimum Gasteiger partial charge on any atom is -0.479 e. The summed E-state index contributed by atoms with van der Waals surface area (Å²) >= 11 is 0. The Bertz CT molecular complexity index is 879. The van der Waals surface area contributed by atoms with Crippen molar-refractivity contribution in [1.29, 1.82) is 0 Å². The van der Waals surface area contributed by atoms with Gasteiger partial charge in [-0.1, -0.05) is 24.3 Å². The zero-order chi connectivity index (χ0) is 16.4. The van der Waals surface area contributed by atoms with Gasteiger partial charge in [-0.2, -0.15) is 5.11 Å². The summed E-state index contributed by atoms with van der Waals surface area (Å²) in [6.45, 7) is 6.09. The van der Waals surface area contributed by atoms with Gasteiger partial charge in [0.05, 0.1) is 5.69 Å². The normalized spacial score (nSPS) is 11.3. The summed E-state index contributed by atoms with van der Waals surface area (Å²) in [4.78, 5) is 0. The van der Waals surface area contributed by atoms with Gasteiger partial charge in [0.1, 0.15) is 5.76 Å². The molecule has 2 aromatic carbocycles. The lowest BCUT2D eigenvalue weighted by Gasteiger charge is -2.01. The molecule has 0 unspecified atom stereocenters. The first-order valence-corrected chi connectivity index (χ1v) is 7.42. The molecule has 0 atom stereocenters. The number of aromatic hydroxyl groups is 1. The molecule has 0 aliphatic rings. The average Bonchev–Trinajstić information content (AvgIpc) is 2.89. The van der Waals surface area contributed by atoms with Gasteiger partial charge in [0, 0.05) is 11.6 Å². The fourth-order valence-corrected chi connectivity index (χ4v) is 2.28. The fourth-order valence-electron chi connectivity index (χ4n) is 2.28. The predicted molar refractivity (Wildman–Crippen MR) is 90.6 cm³/mol. The highest BCUT2D eigenvalue weighted by molar-refractivity contribution is 5.65. The molecule has 0 saturated carbocycles. The maximum absolute atomic E-state index is 9.93. The summed E-state index contributed by atoms with van der Waals surface area (Å²) in [5.74, 6) is 0.346. The van der Waals surface area contributed by atoms with E-state index in [1.807, 2.05) is 56.3 Å². The van der Waals surface area contributed by atoms with Crippen LogP contribution in [0.5, 0.6) is 5.95 Å². The number of furan rings is 1. The van der Waals surface area contributed by atoms with Crippen LogP contribution >= 0.6 is 0 Å². The molecule has 0 spiro atoms. The van der Waals surface area contributed by atoms with E-state index >= 15 is 0 Å². The molecule has 0 aliphatic carbocycles. The van der Waals surface area contributed by atoms with Gasteiger partial charge >= 0.3 is 5.95 Å². The van der Waals surface area contributed by atoms with Crippen LogP contribution in [0.1, 0.15) is 16.7 Å². The first kappa shape index (κ1) is 15.0. The molecule has 0 radical (unpaired) electrons. The maximum Gasteiger partial charge on any atom is 0.311 e. The van der Waals surface area contributed by atoms with E-state index in [4.69, 9.17) is 4.42 Å². The molecule has 23 heavy (non-hydrogen) atoms. The van der Waals surface area contributed by atoms with Crippen molar-refractivity contribution in [3.8, 4) is 17.3 Å². The van der Waals surface area contributed by atoms with Crippen LogP contribution < -0.4 is 0 Å². The Balaban J connectivity index is 1.90. The number of hydrogen-bond donors (Lipinski definition) is 1. The van der Waals surface area contributed by atoms with Gasteiger partial charge < -0.3 is 9.52 Å². The third-order valence-electron chi connectivity index (χ3n) is 3.76. The van der Waals surface area contributed by atoms with Crippen molar-refractivity contribution in [2.24, 2.45) is 10.2 Å². The highest BCUT2D eigenvalue weighted by atomic mass is 16.5. The van der Waals surface area contributed by atoms with Crippen LogP contribution in [0.4, 0.5) is 11.4 Å². The monoisotopic (exact) mass is 306 g/mol. The van der Waals surface area contributed by atoms with E-state index in [0.29, 0.717) is 11.4 Å². The second-order valence-electron chi connectivity index (χ2n) is 5.64. The van der Waals surface area contributed by atoms with Crippen molar-refractivity contribution in [2.45, 2.75) is 20.8 Å². The van der Waals surface area contributed by atoms with Gasteiger partial charge in [0.2, 0.25) is 0 Å². The Morgan fingerprint density at radius 1 is 0.870 bits per heavy atom. The van der Waals surface area contributed by atoms with Crippen molar-refractivity contribution < 1.29 is 9.52 Å². The van der Waals surface area contributed by atoms with E-state index < -0.39 is 0 Å². The van der Waals surface area contributed by atoms with E-state index in [0.717, 1.165) is 16.8 Å². The molecule has 116 valence electrons. The van der Waals surface area contributed by atoms with Crippen LogP contribution in [0.15, 0.2) is 63.2 Å². The first-order chi connectivity index (χ1) is 11.0. The molecule has 0 amide bonds. The molecule has 0 saturated heterocycles. The summed E-state index contributed by atoms with van der Waals surface area (Å²) in [5.41, 5.74) is 5.44. The second-order valence-corrected chi connectivity index (χ2v) is 5.64. The summed E-state index contributed by atoms with van der Waals surface area (Å²) < 4.78 is 5.41. The van der Waals surface area contributed by atoms with Crippen molar-refractivity contribution in [2.75, 3.05) is 0 Å². The number of aryl methyl sites for hydroxylation is 3. The van der Waals surface area contributed by atoms with Crippen LogP contribution in [-0.2, 0) is 0 Å². The molecule has 1 N–H and O–H groups in total. The van der Waals surface area contributed by atoms with E-state index in [1.54, 1.807) is 6.07 Å². The van der Waals surface area contributed by atoms with Gasteiger partial charge in [-0.15, -0.1) is 5.11 Å². The van der Waals surface area contributed by atoms with Crippen LogP contribution in [0, 0.1) is 20.8 Å². The topological polar surface area (TPSA) is 58.1 Å². The van der Waals surface area contributed by atoms with Gasteiger partial charge in [-0.25, -0.2) is 0 Å². The Labute approximate surface area is 135 Å². The zero-order valence-corrected chi connectivity index (χ0v) is 13.4. The molecule has 4 nitrogen and oxygen atoms in total. The Morgan fingerprint density at radius 3 is 2.43 bits per heavy atom. The number of benzene rings is 2. The third-order valence-corrected chi connectivity index (χ3v) is 3.76. The Morgan fingerprint density at radius 2 is 1.70 bits per heavy atom. The summed E-state index contributed by atoms with van der Waals surface area (Å²) in [6, 6.07) is 15.4. The average molecular weight is 306 g/mol. The number of nitrogens with zero attached hydrogens (tertiary/aromatic N) is 2. The van der Waals surface area contributed by atoms with E-state index in [-0.39, 0.29) is 5.95 Å².